The molecule has 3 heteroatoms. The predicted molar refractivity (Wildman–Crippen MR) is 79.6 cm³/mol. The molecular weight excluding hydrogens is 236 g/mol. The molecule has 1 aromatic rings. The van der Waals surface area contributed by atoms with Crippen molar-refractivity contribution in [3.63, 3.8) is 0 Å². The lowest BCUT2D eigenvalue weighted by Crippen LogP contribution is -2.41. The number of primary amides is 1. The summed E-state index contributed by atoms with van der Waals surface area (Å²) in [6, 6.07) is 10.6. The maximum absolute atomic E-state index is 11.4. The van der Waals surface area contributed by atoms with E-state index in [4.69, 9.17) is 5.73 Å². The summed E-state index contributed by atoms with van der Waals surface area (Å²) in [5.74, 6) is 0.325. The van der Waals surface area contributed by atoms with Crippen LogP contribution in [0.15, 0.2) is 30.3 Å². The fourth-order valence-corrected chi connectivity index (χ4v) is 1.96. The summed E-state index contributed by atoms with van der Waals surface area (Å²) in [5.41, 5.74) is 6.15. The summed E-state index contributed by atoms with van der Waals surface area (Å²) in [6.07, 6.45) is 1.04. The Morgan fingerprint density at radius 2 is 1.84 bits per heavy atom. The van der Waals surface area contributed by atoms with Crippen LogP contribution in [0, 0.1) is 11.3 Å². The lowest BCUT2D eigenvalue weighted by molar-refractivity contribution is -0.125. The van der Waals surface area contributed by atoms with Gasteiger partial charge in [0.05, 0.1) is 5.41 Å². The predicted octanol–water partition coefficient (Wildman–Crippen LogP) is 2.87. The summed E-state index contributed by atoms with van der Waals surface area (Å²) >= 11 is 0. The van der Waals surface area contributed by atoms with Crippen molar-refractivity contribution in [3.05, 3.63) is 35.9 Å². The Kier molecular flexibility index (Phi) is 5.55. The van der Waals surface area contributed by atoms with Crippen LogP contribution in [0.3, 0.4) is 0 Å². The number of hydrogen-bond donors (Lipinski definition) is 2. The van der Waals surface area contributed by atoms with Crippen molar-refractivity contribution < 1.29 is 4.79 Å². The Balaban J connectivity index is 2.74. The molecule has 1 unspecified atom stereocenters. The average molecular weight is 262 g/mol. The van der Waals surface area contributed by atoms with E-state index in [2.05, 4.69) is 31.3 Å². The van der Waals surface area contributed by atoms with Gasteiger partial charge in [0.25, 0.3) is 0 Å². The molecule has 1 atom stereocenters. The van der Waals surface area contributed by atoms with Gasteiger partial charge in [0.2, 0.25) is 5.91 Å². The smallest absolute Gasteiger partial charge is 0.224 e. The van der Waals surface area contributed by atoms with Crippen molar-refractivity contribution in [2.75, 3.05) is 6.54 Å². The van der Waals surface area contributed by atoms with Gasteiger partial charge in [0.15, 0.2) is 0 Å². The van der Waals surface area contributed by atoms with Crippen LogP contribution in [0.5, 0.6) is 0 Å². The number of hydrogen-bond acceptors (Lipinski definition) is 2. The molecule has 0 radical (unpaired) electrons. The zero-order valence-electron chi connectivity index (χ0n) is 12.4. The van der Waals surface area contributed by atoms with Gasteiger partial charge < -0.3 is 11.1 Å². The minimum Gasteiger partial charge on any atom is -0.369 e. The quantitative estimate of drug-likeness (QED) is 0.794. The zero-order chi connectivity index (χ0) is 14.5. The maximum Gasteiger partial charge on any atom is 0.224 e. The minimum atomic E-state index is -0.524. The van der Waals surface area contributed by atoms with E-state index < -0.39 is 5.41 Å². The van der Waals surface area contributed by atoms with Crippen molar-refractivity contribution in [2.45, 2.75) is 40.2 Å². The topological polar surface area (TPSA) is 55.1 Å². The number of nitrogens with one attached hydrogen (secondary N) is 1. The van der Waals surface area contributed by atoms with Gasteiger partial charge in [-0.05, 0) is 31.7 Å². The highest BCUT2D eigenvalue weighted by Gasteiger charge is 2.26. The molecule has 1 aromatic carbocycles. The second kappa shape index (κ2) is 6.71. The first-order valence-corrected chi connectivity index (χ1v) is 6.91. The van der Waals surface area contributed by atoms with Gasteiger partial charge in [-0.1, -0.05) is 44.2 Å². The van der Waals surface area contributed by atoms with Crippen LogP contribution in [0.2, 0.25) is 0 Å². The highest BCUT2D eigenvalue weighted by Crippen LogP contribution is 2.23. The van der Waals surface area contributed by atoms with Crippen molar-refractivity contribution >= 4 is 5.91 Å². The summed E-state index contributed by atoms with van der Waals surface area (Å²) in [4.78, 5) is 11.4. The van der Waals surface area contributed by atoms with E-state index in [1.54, 1.807) is 0 Å². The first-order valence-electron chi connectivity index (χ1n) is 6.91. The third-order valence-corrected chi connectivity index (χ3v) is 3.37. The zero-order valence-corrected chi connectivity index (χ0v) is 12.4. The van der Waals surface area contributed by atoms with Crippen molar-refractivity contribution in [1.29, 1.82) is 0 Å². The number of carbonyl (C=O) groups excluding carboxylic acids is 1. The van der Waals surface area contributed by atoms with Crippen molar-refractivity contribution in [2.24, 2.45) is 17.1 Å². The molecule has 1 amide bonds. The van der Waals surface area contributed by atoms with E-state index in [-0.39, 0.29) is 11.9 Å². The van der Waals surface area contributed by atoms with Gasteiger partial charge in [-0.2, -0.15) is 0 Å². The first kappa shape index (κ1) is 15.7. The summed E-state index contributed by atoms with van der Waals surface area (Å²) in [5, 5.41) is 3.49. The SMILES string of the molecule is CC(C)CC(NCC(C)(C)C(N)=O)c1ccccc1. The van der Waals surface area contributed by atoms with Gasteiger partial charge in [0.1, 0.15) is 0 Å². The highest BCUT2D eigenvalue weighted by atomic mass is 16.1. The molecule has 0 aromatic heterocycles. The van der Waals surface area contributed by atoms with Crippen LogP contribution in [0.4, 0.5) is 0 Å². The van der Waals surface area contributed by atoms with Gasteiger partial charge in [-0.25, -0.2) is 0 Å². The molecule has 19 heavy (non-hydrogen) atoms. The van der Waals surface area contributed by atoms with Gasteiger partial charge in [0, 0.05) is 12.6 Å². The first-order chi connectivity index (χ1) is 8.83. The normalized spacial score (nSPS) is 13.5. The Bertz CT molecular complexity index is 398. The van der Waals surface area contributed by atoms with E-state index in [9.17, 15) is 4.79 Å². The van der Waals surface area contributed by atoms with Gasteiger partial charge >= 0.3 is 0 Å². The number of amides is 1. The van der Waals surface area contributed by atoms with E-state index in [0.29, 0.717) is 12.5 Å². The standard InChI is InChI=1S/C16H26N2O/c1-12(2)10-14(13-8-6-5-7-9-13)18-11-16(3,4)15(17)19/h5-9,12,14,18H,10-11H2,1-4H3,(H2,17,19). The fourth-order valence-electron chi connectivity index (χ4n) is 1.96. The largest absolute Gasteiger partial charge is 0.369 e. The van der Waals surface area contributed by atoms with E-state index in [1.807, 2.05) is 32.0 Å². The lowest BCUT2D eigenvalue weighted by atomic mass is 9.90. The van der Waals surface area contributed by atoms with Crippen LogP contribution >= 0.6 is 0 Å². The second-order valence-electron chi connectivity index (χ2n) is 6.22. The molecule has 0 saturated carbocycles. The molecule has 0 bridgehead atoms. The Labute approximate surface area is 116 Å². The lowest BCUT2D eigenvalue weighted by Gasteiger charge is -2.27. The molecule has 0 spiro atoms. The minimum absolute atomic E-state index is 0.264. The molecule has 0 heterocycles. The highest BCUT2D eigenvalue weighted by molar-refractivity contribution is 5.80. The molecule has 1 rings (SSSR count). The molecule has 0 aliphatic rings. The number of nitrogens with two attached hydrogens (primary N) is 1. The molecule has 0 saturated heterocycles. The van der Waals surface area contributed by atoms with Crippen LogP contribution in [0.1, 0.15) is 45.7 Å². The molecule has 0 fully saturated rings. The molecule has 3 nitrogen and oxygen atoms in total. The Hall–Kier alpha value is -1.35. The summed E-state index contributed by atoms with van der Waals surface area (Å²) in [7, 11) is 0. The van der Waals surface area contributed by atoms with Crippen LogP contribution < -0.4 is 11.1 Å². The summed E-state index contributed by atoms with van der Waals surface area (Å²) in [6.45, 7) is 8.75. The summed E-state index contributed by atoms with van der Waals surface area (Å²) < 4.78 is 0. The third kappa shape index (κ3) is 5.03. The molecular formula is C16H26N2O. The third-order valence-electron chi connectivity index (χ3n) is 3.37. The van der Waals surface area contributed by atoms with Gasteiger partial charge in [-0.15, -0.1) is 0 Å². The Morgan fingerprint density at radius 3 is 2.32 bits per heavy atom. The average Bonchev–Trinajstić information content (AvgIpc) is 2.35. The Morgan fingerprint density at radius 1 is 1.26 bits per heavy atom. The molecule has 0 aliphatic carbocycles. The molecule has 106 valence electrons. The number of benzene rings is 1. The molecule has 0 aliphatic heterocycles. The number of carbonyl (C=O) groups is 1. The van der Waals surface area contributed by atoms with Crippen LogP contribution in [-0.2, 0) is 4.79 Å². The second-order valence-corrected chi connectivity index (χ2v) is 6.22. The van der Waals surface area contributed by atoms with Crippen molar-refractivity contribution in [1.82, 2.24) is 5.32 Å². The van der Waals surface area contributed by atoms with Crippen LogP contribution in [0.25, 0.3) is 0 Å². The molecule has 3 N–H and O–H groups in total. The number of rotatable bonds is 7. The fraction of sp³-hybridized carbons (Fsp3) is 0.562. The van der Waals surface area contributed by atoms with Crippen LogP contribution in [-0.4, -0.2) is 12.5 Å². The van der Waals surface area contributed by atoms with Gasteiger partial charge in [-0.3, -0.25) is 4.79 Å². The van der Waals surface area contributed by atoms with E-state index in [1.165, 1.54) is 5.56 Å². The van der Waals surface area contributed by atoms with E-state index in [0.717, 1.165) is 6.42 Å². The maximum atomic E-state index is 11.4. The van der Waals surface area contributed by atoms with Crippen molar-refractivity contribution in [3.8, 4) is 0 Å². The van der Waals surface area contributed by atoms with E-state index >= 15 is 0 Å². The monoisotopic (exact) mass is 262 g/mol.